The molecule has 4 rings (SSSR count). The molecule has 0 aliphatic carbocycles. The number of aryl methyl sites for hydroxylation is 1. The number of aromatic nitrogens is 1. The number of furan rings is 1. The third kappa shape index (κ3) is 3.20. The summed E-state index contributed by atoms with van der Waals surface area (Å²) in [5, 5.41) is 3.20. The number of nitrogens with zero attached hydrogens (tertiary/aromatic N) is 2. The molecule has 4 heterocycles. The molecule has 0 atom stereocenters. The number of thiazole rings is 1. The van der Waals surface area contributed by atoms with Gasteiger partial charge < -0.3 is 4.42 Å². The van der Waals surface area contributed by atoms with Crippen molar-refractivity contribution in [1.82, 2.24) is 9.29 Å². The molecule has 1 aliphatic heterocycles. The number of rotatable bonds is 4. The fourth-order valence-electron chi connectivity index (χ4n) is 2.67. The number of amides is 1. The molecule has 0 radical (unpaired) electrons. The summed E-state index contributed by atoms with van der Waals surface area (Å²) in [6.07, 6.45) is 3.31. The molecule has 3 aromatic rings. The second-order valence-electron chi connectivity index (χ2n) is 5.81. The Morgan fingerprint density at radius 3 is 2.85 bits per heavy atom. The summed E-state index contributed by atoms with van der Waals surface area (Å²) in [6.45, 7) is 2.54. The van der Waals surface area contributed by atoms with Crippen molar-refractivity contribution in [1.29, 1.82) is 0 Å². The van der Waals surface area contributed by atoms with Gasteiger partial charge >= 0.3 is 0 Å². The number of thiophene rings is 1. The molecule has 1 N–H and O–H groups in total. The Balaban J connectivity index is 1.52. The van der Waals surface area contributed by atoms with E-state index >= 15 is 0 Å². The van der Waals surface area contributed by atoms with Crippen LogP contribution in [0.4, 0.5) is 5.13 Å². The summed E-state index contributed by atoms with van der Waals surface area (Å²) in [7, 11) is -3.50. The fourth-order valence-corrected chi connectivity index (χ4v) is 6.62. The van der Waals surface area contributed by atoms with Crippen molar-refractivity contribution in [2.45, 2.75) is 24.1 Å². The summed E-state index contributed by atoms with van der Waals surface area (Å²) >= 11 is 2.58. The molecular formula is C16H15N3O4S3. The first-order valence-electron chi connectivity index (χ1n) is 7.82. The van der Waals surface area contributed by atoms with Crippen molar-refractivity contribution in [2.75, 3.05) is 11.9 Å². The van der Waals surface area contributed by atoms with Crippen molar-refractivity contribution in [2.24, 2.45) is 0 Å². The lowest BCUT2D eigenvalue weighted by Crippen LogP contribution is -2.35. The maximum atomic E-state index is 12.8. The second kappa shape index (κ2) is 6.62. The van der Waals surface area contributed by atoms with E-state index in [0.29, 0.717) is 27.9 Å². The van der Waals surface area contributed by atoms with Gasteiger partial charge in [0.1, 0.15) is 10.5 Å². The minimum absolute atomic E-state index is 0.272. The zero-order chi connectivity index (χ0) is 18.3. The first-order valence-corrected chi connectivity index (χ1v) is 10.9. The van der Waals surface area contributed by atoms with E-state index in [1.54, 1.807) is 12.1 Å². The smallest absolute Gasteiger partial charge is 0.260 e. The van der Waals surface area contributed by atoms with Crippen LogP contribution in [0.25, 0.3) is 0 Å². The van der Waals surface area contributed by atoms with Gasteiger partial charge in [0.05, 0.1) is 24.1 Å². The summed E-state index contributed by atoms with van der Waals surface area (Å²) in [6, 6.07) is 5.03. The van der Waals surface area contributed by atoms with E-state index in [1.165, 1.54) is 39.5 Å². The van der Waals surface area contributed by atoms with E-state index in [2.05, 4.69) is 10.3 Å². The molecule has 26 heavy (non-hydrogen) atoms. The third-order valence-electron chi connectivity index (χ3n) is 4.01. The Morgan fingerprint density at radius 1 is 1.31 bits per heavy atom. The molecule has 0 bridgehead atoms. The molecule has 7 nitrogen and oxygen atoms in total. The van der Waals surface area contributed by atoms with Crippen molar-refractivity contribution in [3.8, 4) is 0 Å². The summed E-state index contributed by atoms with van der Waals surface area (Å²) in [4.78, 5) is 18.3. The predicted octanol–water partition coefficient (Wildman–Crippen LogP) is 3.11. The number of nitrogens with one attached hydrogen (secondary N) is 1. The lowest BCUT2D eigenvalue weighted by atomic mass is 10.2. The van der Waals surface area contributed by atoms with E-state index in [-0.39, 0.29) is 12.5 Å². The van der Waals surface area contributed by atoms with Crippen LogP contribution >= 0.6 is 22.7 Å². The quantitative estimate of drug-likeness (QED) is 0.715. The van der Waals surface area contributed by atoms with Gasteiger partial charge in [-0.25, -0.2) is 13.4 Å². The Morgan fingerprint density at radius 2 is 2.15 bits per heavy atom. The molecule has 10 heteroatoms. The van der Waals surface area contributed by atoms with E-state index in [1.807, 2.05) is 13.0 Å². The van der Waals surface area contributed by atoms with Crippen LogP contribution in [0.1, 0.15) is 25.8 Å². The minimum Gasteiger partial charge on any atom is -0.472 e. The van der Waals surface area contributed by atoms with E-state index in [9.17, 15) is 13.2 Å². The molecular weight excluding hydrogens is 394 g/mol. The summed E-state index contributed by atoms with van der Waals surface area (Å²) in [5.74, 6) is -0.302. The summed E-state index contributed by atoms with van der Waals surface area (Å²) < 4.78 is 32.3. The number of anilines is 1. The first kappa shape index (κ1) is 17.4. The van der Waals surface area contributed by atoms with Gasteiger partial charge in [-0.1, -0.05) is 0 Å². The van der Waals surface area contributed by atoms with Crippen molar-refractivity contribution >= 4 is 43.7 Å². The van der Waals surface area contributed by atoms with Crippen LogP contribution in [0.2, 0.25) is 0 Å². The van der Waals surface area contributed by atoms with Crippen LogP contribution in [0, 0.1) is 6.92 Å². The molecule has 0 unspecified atom stereocenters. The van der Waals surface area contributed by atoms with Gasteiger partial charge in [0, 0.05) is 22.7 Å². The molecule has 1 amide bonds. The highest BCUT2D eigenvalue weighted by atomic mass is 32.2. The molecule has 1 aliphatic rings. The largest absolute Gasteiger partial charge is 0.472 e. The lowest BCUT2D eigenvalue weighted by molar-refractivity contribution is 0.102. The molecule has 0 saturated carbocycles. The van der Waals surface area contributed by atoms with Gasteiger partial charge in [0.25, 0.3) is 15.9 Å². The van der Waals surface area contributed by atoms with Gasteiger partial charge in [0.2, 0.25) is 0 Å². The highest BCUT2D eigenvalue weighted by Crippen LogP contribution is 2.32. The monoisotopic (exact) mass is 409 g/mol. The Labute approximate surface area is 158 Å². The normalized spacial score (nSPS) is 15.0. The number of carbonyl (C=O) groups excluding carboxylic acids is 1. The molecule has 0 fully saturated rings. The van der Waals surface area contributed by atoms with Gasteiger partial charge in [-0.15, -0.1) is 22.7 Å². The van der Waals surface area contributed by atoms with Crippen LogP contribution in [-0.4, -0.2) is 30.2 Å². The van der Waals surface area contributed by atoms with Crippen molar-refractivity contribution in [3.05, 3.63) is 51.7 Å². The van der Waals surface area contributed by atoms with Gasteiger partial charge in [-0.2, -0.15) is 4.31 Å². The predicted molar refractivity (Wildman–Crippen MR) is 99.1 cm³/mol. The van der Waals surface area contributed by atoms with Crippen LogP contribution in [0.5, 0.6) is 0 Å². The molecule has 0 saturated heterocycles. The van der Waals surface area contributed by atoms with E-state index < -0.39 is 10.0 Å². The van der Waals surface area contributed by atoms with E-state index in [4.69, 9.17) is 4.42 Å². The highest BCUT2D eigenvalue weighted by Gasteiger charge is 2.31. The summed E-state index contributed by atoms with van der Waals surface area (Å²) in [5.41, 5.74) is 1.25. The SMILES string of the molecule is Cc1ccc(S(=O)(=O)N2CCc3nc(NC(=O)c4ccoc4)sc3C2)s1. The molecule has 0 spiro atoms. The van der Waals surface area contributed by atoms with Crippen LogP contribution < -0.4 is 5.32 Å². The van der Waals surface area contributed by atoms with E-state index in [0.717, 1.165) is 15.4 Å². The lowest BCUT2D eigenvalue weighted by Gasteiger charge is -2.24. The number of hydrogen-bond donors (Lipinski definition) is 1. The zero-order valence-electron chi connectivity index (χ0n) is 13.8. The van der Waals surface area contributed by atoms with Gasteiger partial charge in [-0.05, 0) is 25.1 Å². The zero-order valence-corrected chi connectivity index (χ0v) is 16.2. The van der Waals surface area contributed by atoms with Crippen LogP contribution in [-0.2, 0) is 23.0 Å². The topological polar surface area (TPSA) is 92.5 Å². The highest BCUT2D eigenvalue weighted by molar-refractivity contribution is 7.91. The Bertz CT molecular complexity index is 1050. The number of fused-ring (bicyclic) bond motifs is 1. The fraction of sp³-hybridized carbons (Fsp3) is 0.250. The molecule has 3 aromatic heterocycles. The standard InChI is InChI=1S/C16H15N3O4S3/c1-10-2-3-14(24-10)26(21,22)19-6-4-12-13(8-19)25-16(17-12)18-15(20)11-5-7-23-9-11/h2-3,5,7,9H,4,6,8H2,1H3,(H,17,18,20). The molecule has 136 valence electrons. The van der Waals surface area contributed by atoms with Crippen LogP contribution in [0.15, 0.2) is 39.4 Å². The second-order valence-corrected chi connectivity index (χ2v) is 10.3. The third-order valence-corrected chi connectivity index (χ3v) is 8.32. The van der Waals surface area contributed by atoms with Crippen molar-refractivity contribution < 1.29 is 17.6 Å². The number of hydrogen-bond acceptors (Lipinski definition) is 7. The first-order chi connectivity index (χ1) is 12.4. The average molecular weight is 410 g/mol. The Kier molecular flexibility index (Phi) is 4.43. The Hall–Kier alpha value is -2.01. The molecule has 0 aromatic carbocycles. The van der Waals surface area contributed by atoms with Gasteiger partial charge in [-0.3, -0.25) is 10.1 Å². The van der Waals surface area contributed by atoms with Crippen molar-refractivity contribution in [3.63, 3.8) is 0 Å². The average Bonchev–Trinajstić information content (AvgIpc) is 3.34. The maximum absolute atomic E-state index is 12.8. The number of sulfonamides is 1. The minimum atomic E-state index is -3.50. The number of carbonyl (C=O) groups is 1. The maximum Gasteiger partial charge on any atom is 0.260 e. The van der Waals surface area contributed by atoms with Gasteiger partial charge in [0.15, 0.2) is 5.13 Å². The van der Waals surface area contributed by atoms with Crippen LogP contribution in [0.3, 0.4) is 0 Å².